The number of nitrogens with one attached hydrogen (secondary N) is 1. The van der Waals surface area contributed by atoms with Crippen molar-refractivity contribution in [3.05, 3.63) is 0 Å². The highest BCUT2D eigenvalue weighted by Crippen LogP contribution is 2.35. The van der Waals surface area contributed by atoms with Gasteiger partial charge >= 0.3 is 6.09 Å². The van der Waals surface area contributed by atoms with Gasteiger partial charge in [-0.05, 0) is 64.7 Å². The van der Waals surface area contributed by atoms with Gasteiger partial charge < -0.3 is 15.0 Å². The van der Waals surface area contributed by atoms with Crippen LogP contribution in [0.3, 0.4) is 0 Å². The fourth-order valence-electron chi connectivity index (χ4n) is 3.95. The number of likely N-dealkylation sites (tertiary alicyclic amines) is 1. The van der Waals surface area contributed by atoms with Crippen molar-refractivity contribution in [1.82, 2.24) is 10.2 Å². The van der Waals surface area contributed by atoms with Crippen LogP contribution in [0.5, 0.6) is 0 Å². The molecule has 2 rings (SSSR count). The predicted octanol–water partition coefficient (Wildman–Crippen LogP) is 4.33. The summed E-state index contributed by atoms with van der Waals surface area (Å²) in [4.78, 5) is 14.1. The van der Waals surface area contributed by atoms with Gasteiger partial charge in [-0.2, -0.15) is 0 Å². The lowest BCUT2D eigenvalue weighted by Crippen LogP contribution is -2.43. The summed E-state index contributed by atoms with van der Waals surface area (Å²) in [5, 5.41) is 3.88. The van der Waals surface area contributed by atoms with E-state index in [2.05, 4.69) is 19.2 Å². The molecule has 0 aromatic rings. The van der Waals surface area contributed by atoms with Crippen LogP contribution < -0.4 is 5.32 Å². The van der Waals surface area contributed by atoms with Crippen LogP contribution in [-0.4, -0.2) is 41.8 Å². The maximum absolute atomic E-state index is 12.2. The molecule has 4 nitrogen and oxygen atoms in total. The topological polar surface area (TPSA) is 41.6 Å². The summed E-state index contributed by atoms with van der Waals surface area (Å²) in [5.41, 5.74) is 0.0674. The Hall–Kier alpha value is -0.770. The molecule has 2 unspecified atom stereocenters. The number of rotatable bonds is 2. The summed E-state index contributed by atoms with van der Waals surface area (Å²) in [6.45, 7) is 12.2. The standard InChI is InChI=1S/C19H36N2O2/c1-18(2,3)23-17(22)21-12-7-9-15(10-13-21)20-16-8-6-11-19(4,5)14-16/h15-16,20H,6-14H2,1-5H3. The minimum absolute atomic E-state index is 0.156. The molecule has 2 fully saturated rings. The first-order valence-corrected chi connectivity index (χ1v) is 9.39. The van der Waals surface area contributed by atoms with E-state index < -0.39 is 5.60 Å². The van der Waals surface area contributed by atoms with Gasteiger partial charge in [0.05, 0.1) is 0 Å². The maximum Gasteiger partial charge on any atom is 0.410 e. The zero-order valence-electron chi connectivity index (χ0n) is 15.8. The monoisotopic (exact) mass is 324 g/mol. The smallest absolute Gasteiger partial charge is 0.410 e. The summed E-state index contributed by atoms with van der Waals surface area (Å²) < 4.78 is 5.51. The number of ether oxygens (including phenoxy) is 1. The molecule has 0 radical (unpaired) electrons. The molecular weight excluding hydrogens is 288 g/mol. The van der Waals surface area contributed by atoms with Crippen LogP contribution in [0.15, 0.2) is 0 Å². The molecule has 0 spiro atoms. The normalized spacial score (nSPS) is 29.0. The first kappa shape index (κ1) is 18.6. The van der Waals surface area contributed by atoms with Crippen LogP contribution >= 0.6 is 0 Å². The summed E-state index contributed by atoms with van der Waals surface area (Å²) in [6, 6.07) is 1.19. The van der Waals surface area contributed by atoms with E-state index in [1.807, 2.05) is 25.7 Å². The molecule has 0 aromatic carbocycles. The van der Waals surface area contributed by atoms with Gasteiger partial charge in [-0.25, -0.2) is 4.79 Å². The third-order valence-corrected chi connectivity index (χ3v) is 5.06. The quantitative estimate of drug-likeness (QED) is 0.822. The molecule has 2 atom stereocenters. The van der Waals surface area contributed by atoms with E-state index in [0.29, 0.717) is 17.5 Å². The van der Waals surface area contributed by atoms with Crippen LogP contribution in [0.1, 0.15) is 79.6 Å². The molecule has 1 saturated carbocycles. The molecular formula is C19H36N2O2. The Morgan fingerprint density at radius 1 is 1.09 bits per heavy atom. The lowest BCUT2D eigenvalue weighted by molar-refractivity contribution is 0.0256. The first-order valence-electron chi connectivity index (χ1n) is 9.39. The van der Waals surface area contributed by atoms with Gasteiger partial charge in [-0.3, -0.25) is 0 Å². The second-order valence-electron chi connectivity index (χ2n) is 9.22. The van der Waals surface area contributed by atoms with E-state index in [1.54, 1.807) is 0 Å². The average molecular weight is 325 g/mol. The SMILES string of the molecule is CC1(C)CCCC(NC2CCCN(C(=O)OC(C)(C)C)CC2)C1. The van der Waals surface area contributed by atoms with E-state index in [4.69, 9.17) is 4.74 Å². The van der Waals surface area contributed by atoms with Crippen molar-refractivity contribution in [3.63, 3.8) is 0 Å². The van der Waals surface area contributed by atoms with Crippen LogP contribution in [0.2, 0.25) is 0 Å². The molecule has 1 aliphatic heterocycles. The fourth-order valence-corrected chi connectivity index (χ4v) is 3.95. The number of hydrogen-bond acceptors (Lipinski definition) is 3. The van der Waals surface area contributed by atoms with Crippen molar-refractivity contribution in [2.45, 2.75) is 97.2 Å². The molecule has 1 aliphatic carbocycles. The summed E-state index contributed by atoms with van der Waals surface area (Å²) in [5.74, 6) is 0. The summed E-state index contributed by atoms with van der Waals surface area (Å²) in [6.07, 6.45) is 8.37. The predicted molar refractivity (Wildman–Crippen MR) is 94.6 cm³/mol. The second kappa shape index (κ2) is 7.42. The molecule has 0 bridgehead atoms. The van der Waals surface area contributed by atoms with Gasteiger partial charge in [0, 0.05) is 25.2 Å². The van der Waals surface area contributed by atoms with E-state index in [1.165, 1.54) is 25.7 Å². The van der Waals surface area contributed by atoms with Crippen molar-refractivity contribution in [2.24, 2.45) is 5.41 Å². The van der Waals surface area contributed by atoms with E-state index >= 15 is 0 Å². The van der Waals surface area contributed by atoms with Crippen molar-refractivity contribution in [2.75, 3.05) is 13.1 Å². The number of nitrogens with zero attached hydrogens (tertiary/aromatic N) is 1. The molecule has 1 saturated heterocycles. The van der Waals surface area contributed by atoms with Crippen molar-refractivity contribution in [1.29, 1.82) is 0 Å². The van der Waals surface area contributed by atoms with E-state index in [-0.39, 0.29) is 6.09 Å². The lowest BCUT2D eigenvalue weighted by Gasteiger charge is -2.37. The molecule has 0 aromatic heterocycles. The van der Waals surface area contributed by atoms with E-state index in [9.17, 15) is 4.79 Å². The second-order valence-corrected chi connectivity index (χ2v) is 9.22. The van der Waals surface area contributed by atoms with Crippen molar-refractivity contribution in [3.8, 4) is 0 Å². The number of hydrogen-bond donors (Lipinski definition) is 1. The Bertz CT molecular complexity index is 401. The Kier molecular flexibility index (Phi) is 5.99. The molecule has 2 aliphatic rings. The zero-order chi connectivity index (χ0) is 17.1. The number of amides is 1. The minimum atomic E-state index is -0.408. The number of carbonyl (C=O) groups excluding carboxylic acids is 1. The van der Waals surface area contributed by atoms with Gasteiger partial charge in [0.1, 0.15) is 5.60 Å². The van der Waals surface area contributed by atoms with Gasteiger partial charge in [-0.15, -0.1) is 0 Å². The third-order valence-electron chi connectivity index (χ3n) is 5.06. The largest absolute Gasteiger partial charge is 0.444 e. The van der Waals surface area contributed by atoms with Gasteiger partial charge in [0.25, 0.3) is 0 Å². The summed E-state index contributed by atoms with van der Waals surface area (Å²) in [7, 11) is 0. The van der Waals surface area contributed by atoms with Gasteiger partial charge in [0.2, 0.25) is 0 Å². The minimum Gasteiger partial charge on any atom is -0.444 e. The lowest BCUT2D eigenvalue weighted by atomic mass is 9.75. The Morgan fingerprint density at radius 3 is 2.43 bits per heavy atom. The van der Waals surface area contributed by atoms with Gasteiger partial charge in [-0.1, -0.05) is 20.3 Å². The maximum atomic E-state index is 12.2. The van der Waals surface area contributed by atoms with Crippen molar-refractivity contribution < 1.29 is 9.53 Å². The van der Waals surface area contributed by atoms with Crippen LogP contribution in [0.4, 0.5) is 4.79 Å². The Balaban J connectivity index is 1.81. The van der Waals surface area contributed by atoms with Crippen LogP contribution in [-0.2, 0) is 4.74 Å². The molecule has 134 valence electrons. The Labute approximate surface area is 142 Å². The zero-order valence-corrected chi connectivity index (χ0v) is 15.8. The first-order chi connectivity index (χ1) is 10.6. The van der Waals surface area contributed by atoms with Crippen LogP contribution in [0.25, 0.3) is 0 Å². The summed E-state index contributed by atoms with van der Waals surface area (Å²) >= 11 is 0. The molecule has 4 heteroatoms. The number of carbonyl (C=O) groups is 1. The fraction of sp³-hybridized carbons (Fsp3) is 0.947. The van der Waals surface area contributed by atoms with Crippen molar-refractivity contribution >= 4 is 6.09 Å². The Morgan fingerprint density at radius 2 is 1.78 bits per heavy atom. The molecule has 1 heterocycles. The van der Waals surface area contributed by atoms with Crippen LogP contribution in [0, 0.1) is 5.41 Å². The highest BCUT2D eigenvalue weighted by molar-refractivity contribution is 5.68. The third kappa shape index (κ3) is 6.33. The molecule has 1 N–H and O–H groups in total. The molecule has 1 amide bonds. The average Bonchev–Trinajstić information content (AvgIpc) is 2.61. The highest BCUT2D eigenvalue weighted by atomic mass is 16.6. The van der Waals surface area contributed by atoms with E-state index in [0.717, 1.165) is 32.4 Å². The molecule has 23 heavy (non-hydrogen) atoms. The van der Waals surface area contributed by atoms with Gasteiger partial charge in [0.15, 0.2) is 0 Å². The highest BCUT2D eigenvalue weighted by Gasteiger charge is 2.30.